The lowest BCUT2D eigenvalue weighted by atomic mass is 10.00. The summed E-state index contributed by atoms with van der Waals surface area (Å²) in [6, 6.07) is 10.6. The summed E-state index contributed by atoms with van der Waals surface area (Å²) in [5.41, 5.74) is 6.05. The van der Waals surface area contributed by atoms with Crippen molar-refractivity contribution in [1.29, 1.82) is 0 Å². The van der Waals surface area contributed by atoms with Gasteiger partial charge in [-0.05, 0) is 38.8 Å². The molecule has 1 aromatic rings. The smallest absolute Gasteiger partial charge is 0.239 e. The molecule has 1 aliphatic carbocycles. The quantitative estimate of drug-likeness (QED) is 0.782. The van der Waals surface area contributed by atoms with Crippen LogP contribution in [0.3, 0.4) is 0 Å². The minimum atomic E-state index is -0.674. The molecule has 2 rings (SSSR count). The molecule has 1 unspecified atom stereocenters. The van der Waals surface area contributed by atoms with Crippen molar-refractivity contribution in [3.8, 4) is 0 Å². The van der Waals surface area contributed by atoms with Gasteiger partial charge in [0.05, 0.1) is 0 Å². The van der Waals surface area contributed by atoms with Crippen LogP contribution in [0.5, 0.6) is 0 Å². The molecule has 4 nitrogen and oxygen atoms in total. The fourth-order valence-corrected chi connectivity index (χ4v) is 2.28. The van der Waals surface area contributed by atoms with Crippen LogP contribution in [0, 0.1) is 0 Å². The molecular formula is C15H23N3O. The maximum Gasteiger partial charge on any atom is 0.239 e. The molecule has 1 aliphatic rings. The fourth-order valence-electron chi connectivity index (χ4n) is 2.28. The molecule has 0 spiro atoms. The highest BCUT2D eigenvalue weighted by molar-refractivity contribution is 5.85. The van der Waals surface area contributed by atoms with E-state index in [1.807, 2.05) is 25.1 Å². The van der Waals surface area contributed by atoms with Crippen molar-refractivity contribution in [3.63, 3.8) is 0 Å². The Bertz CT molecular complexity index is 430. The van der Waals surface area contributed by atoms with Crippen LogP contribution >= 0.6 is 0 Å². The molecule has 4 heteroatoms. The molecule has 1 fully saturated rings. The third-order valence-corrected chi connectivity index (χ3v) is 3.65. The number of likely N-dealkylation sites (N-methyl/N-ethyl adjacent to an activating group) is 1. The van der Waals surface area contributed by atoms with Gasteiger partial charge in [-0.1, -0.05) is 18.2 Å². The van der Waals surface area contributed by atoms with Crippen LogP contribution in [0.4, 0.5) is 5.69 Å². The molecule has 0 aromatic heterocycles. The standard InChI is InChI=1S/C15H23N3O/c1-3-18(13-7-5-4-6-8-13)11-15(2,14(16)19)17-12-9-10-12/h4-8,12,17H,3,9-11H2,1-2H3,(H2,16,19). The number of carbonyl (C=O) groups is 1. The number of primary amides is 1. The Labute approximate surface area is 115 Å². The maximum absolute atomic E-state index is 11.8. The monoisotopic (exact) mass is 261 g/mol. The van der Waals surface area contributed by atoms with Crippen molar-refractivity contribution in [2.45, 2.75) is 38.3 Å². The number of nitrogens with zero attached hydrogens (tertiary/aromatic N) is 1. The van der Waals surface area contributed by atoms with Gasteiger partial charge in [0.15, 0.2) is 0 Å². The summed E-state index contributed by atoms with van der Waals surface area (Å²) in [5.74, 6) is -0.284. The van der Waals surface area contributed by atoms with Crippen molar-refractivity contribution in [2.24, 2.45) is 5.73 Å². The van der Waals surface area contributed by atoms with Gasteiger partial charge in [-0.2, -0.15) is 0 Å². The SMILES string of the molecule is CCN(CC(C)(NC1CC1)C(N)=O)c1ccccc1. The average molecular weight is 261 g/mol. The second kappa shape index (κ2) is 5.61. The zero-order valence-corrected chi connectivity index (χ0v) is 11.7. The summed E-state index contributed by atoms with van der Waals surface area (Å²) >= 11 is 0. The molecule has 1 atom stereocenters. The summed E-state index contributed by atoms with van der Waals surface area (Å²) in [5, 5.41) is 3.39. The van der Waals surface area contributed by atoms with Crippen molar-refractivity contribution in [3.05, 3.63) is 30.3 Å². The minimum absolute atomic E-state index is 0.284. The Kier molecular flexibility index (Phi) is 4.10. The number of benzene rings is 1. The van der Waals surface area contributed by atoms with Crippen molar-refractivity contribution >= 4 is 11.6 Å². The maximum atomic E-state index is 11.8. The van der Waals surface area contributed by atoms with Crippen LogP contribution < -0.4 is 16.0 Å². The number of carbonyl (C=O) groups excluding carboxylic acids is 1. The Hall–Kier alpha value is -1.55. The summed E-state index contributed by atoms with van der Waals surface area (Å²) in [7, 11) is 0. The van der Waals surface area contributed by atoms with E-state index in [9.17, 15) is 4.79 Å². The molecule has 1 aromatic carbocycles. The second-order valence-corrected chi connectivity index (χ2v) is 5.46. The van der Waals surface area contributed by atoms with Gasteiger partial charge in [-0.15, -0.1) is 0 Å². The van der Waals surface area contributed by atoms with E-state index >= 15 is 0 Å². The molecule has 0 radical (unpaired) electrons. The predicted octanol–water partition coefficient (Wildman–Crippen LogP) is 1.51. The number of nitrogens with two attached hydrogens (primary N) is 1. The summed E-state index contributed by atoms with van der Waals surface area (Å²) in [6.07, 6.45) is 2.28. The number of nitrogens with one attached hydrogen (secondary N) is 1. The van der Waals surface area contributed by atoms with E-state index in [1.165, 1.54) is 0 Å². The molecule has 0 saturated heterocycles. The zero-order chi connectivity index (χ0) is 13.9. The van der Waals surface area contributed by atoms with E-state index in [0.717, 1.165) is 25.1 Å². The Morgan fingerprint density at radius 2 is 2.05 bits per heavy atom. The Morgan fingerprint density at radius 1 is 1.42 bits per heavy atom. The summed E-state index contributed by atoms with van der Waals surface area (Å²) < 4.78 is 0. The van der Waals surface area contributed by atoms with Gasteiger partial charge in [0.25, 0.3) is 0 Å². The van der Waals surface area contributed by atoms with Gasteiger partial charge in [0.1, 0.15) is 5.54 Å². The number of para-hydroxylation sites is 1. The molecule has 1 saturated carbocycles. The topological polar surface area (TPSA) is 58.4 Å². The highest BCUT2D eigenvalue weighted by Crippen LogP contribution is 2.24. The van der Waals surface area contributed by atoms with E-state index in [1.54, 1.807) is 0 Å². The third kappa shape index (κ3) is 3.47. The highest BCUT2D eigenvalue weighted by Gasteiger charge is 2.38. The van der Waals surface area contributed by atoms with Crippen molar-refractivity contribution in [1.82, 2.24) is 5.32 Å². The molecule has 0 bridgehead atoms. The second-order valence-electron chi connectivity index (χ2n) is 5.46. The average Bonchev–Trinajstić information content (AvgIpc) is 3.20. The number of amides is 1. The van der Waals surface area contributed by atoms with Crippen LogP contribution in [-0.2, 0) is 4.79 Å². The van der Waals surface area contributed by atoms with Crippen molar-refractivity contribution < 1.29 is 4.79 Å². The molecule has 3 N–H and O–H groups in total. The van der Waals surface area contributed by atoms with Crippen LogP contribution in [0.1, 0.15) is 26.7 Å². The number of hydrogen-bond acceptors (Lipinski definition) is 3. The van der Waals surface area contributed by atoms with Gasteiger partial charge in [-0.25, -0.2) is 0 Å². The first-order chi connectivity index (χ1) is 9.05. The third-order valence-electron chi connectivity index (χ3n) is 3.65. The highest BCUT2D eigenvalue weighted by atomic mass is 16.1. The largest absolute Gasteiger partial charge is 0.369 e. The number of rotatable bonds is 7. The van der Waals surface area contributed by atoms with Gasteiger partial charge < -0.3 is 10.6 Å². The van der Waals surface area contributed by atoms with Gasteiger partial charge in [-0.3, -0.25) is 10.1 Å². The van der Waals surface area contributed by atoms with Crippen LogP contribution in [-0.4, -0.2) is 30.6 Å². The molecule has 0 aliphatic heterocycles. The fraction of sp³-hybridized carbons (Fsp3) is 0.533. The normalized spacial score (nSPS) is 17.8. The summed E-state index contributed by atoms with van der Waals surface area (Å²) in [6.45, 7) is 5.43. The van der Waals surface area contributed by atoms with E-state index in [0.29, 0.717) is 12.6 Å². The van der Waals surface area contributed by atoms with E-state index in [-0.39, 0.29) is 5.91 Å². The van der Waals surface area contributed by atoms with Crippen LogP contribution in [0.2, 0.25) is 0 Å². The number of hydrogen-bond donors (Lipinski definition) is 2. The zero-order valence-electron chi connectivity index (χ0n) is 11.7. The molecule has 104 valence electrons. The molecule has 0 heterocycles. The molecule has 19 heavy (non-hydrogen) atoms. The van der Waals surface area contributed by atoms with Gasteiger partial charge in [0.2, 0.25) is 5.91 Å². The minimum Gasteiger partial charge on any atom is -0.369 e. The predicted molar refractivity (Wildman–Crippen MR) is 78.1 cm³/mol. The van der Waals surface area contributed by atoms with E-state index < -0.39 is 5.54 Å². The van der Waals surface area contributed by atoms with Gasteiger partial charge >= 0.3 is 0 Å². The van der Waals surface area contributed by atoms with Crippen LogP contribution in [0.25, 0.3) is 0 Å². The number of anilines is 1. The lowest BCUT2D eigenvalue weighted by molar-refractivity contribution is -0.123. The lowest BCUT2D eigenvalue weighted by Gasteiger charge is -2.35. The lowest BCUT2D eigenvalue weighted by Crippen LogP contribution is -2.60. The van der Waals surface area contributed by atoms with Crippen molar-refractivity contribution in [2.75, 3.05) is 18.0 Å². The van der Waals surface area contributed by atoms with E-state index in [4.69, 9.17) is 5.73 Å². The summed E-state index contributed by atoms with van der Waals surface area (Å²) in [4.78, 5) is 14.0. The van der Waals surface area contributed by atoms with E-state index in [2.05, 4.69) is 29.3 Å². The first-order valence-electron chi connectivity index (χ1n) is 6.93. The van der Waals surface area contributed by atoms with Crippen LogP contribution in [0.15, 0.2) is 30.3 Å². The Balaban J connectivity index is 2.12. The first kappa shape index (κ1) is 13.9. The Morgan fingerprint density at radius 3 is 2.53 bits per heavy atom. The molecule has 1 amide bonds. The van der Waals surface area contributed by atoms with Gasteiger partial charge in [0, 0.05) is 24.8 Å². The first-order valence-corrected chi connectivity index (χ1v) is 6.93. The molecular weight excluding hydrogens is 238 g/mol.